The first kappa shape index (κ1) is 11.6. The zero-order valence-electron chi connectivity index (χ0n) is 10.5. The van der Waals surface area contributed by atoms with E-state index in [-0.39, 0.29) is 5.91 Å². The molecule has 1 amide bonds. The molecule has 19 heavy (non-hydrogen) atoms. The Hall–Kier alpha value is -2.49. The van der Waals surface area contributed by atoms with E-state index < -0.39 is 0 Å². The summed E-state index contributed by atoms with van der Waals surface area (Å²) in [5.74, 6) is 0.924. The molecule has 0 unspecified atom stereocenters. The molecule has 0 saturated heterocycles. The van der Waals surface area contributed by atoms with Gasteiger partial charge in [0.05, 0.1) is 12.8 Å². The lowest BCUT2D eigenvalue weighted by Crippen LogP contribution is -2.25. The largest absolute Gasteiger partial charge is 0.459 e. The van der Waals surface area contributed by atoms with Crippen LogP contribution in [0, 0.1) is 0 Å². The number of carbonyl (C=O) groups excluding carboxylic acids is 1. The van der Waals surface area contributed by atoms with Crippen LogP contribution in [0.2, 0.25) is 0 Å². The lowest BCUT2D eigenvalue weighted by molar-refractivity contribution is 0.0744. The number of carbonyl (C=O) groups is 1. The van der Waals surface area contributed by atoms with Gasteiger partial charge in [0.1, 0.15) is 11.3 Å². The third-order valence-electron chi connectivity index (χ3n) is 2.95. The van der Waals surface area contributed by atoms with Crippen LogP contribution in [0.15, 0.2) is 57.6 Å². The topological polar surface area (TPSA) is 46.6 Å². The molecular formula is C15H13NO3. The number of nitrogens with zero attached hydrogens (tertiary/aromatic N) is 1. The fraction of sp³-hybridized carbons (Fsp3) is 0.133. The molecule has 96 valence electrons. The molecule has 0 atom stereocenters. The quantitative estimate of drug-likeness (QED) is 0.721. The van der Waals surface area contributed by atoms with Gasteiger partial charge < -0.3 is 13.7 Å². The third-order valence-corrected chi connectivity index (χ3v) is 2.95. The summed E-state index contributed by atoms with van der Waals surface area (Å²) in [5, 5.41) is 1.04. The summed E-state index contributed by atoms with van der Waals surface area (Å²) in [4.78, 5) is 13.6. The minimum absolute atomic E-state index is 0.162. The Morgan fingerprint density at radius 3 is 2.79 bits per heavy atom. The van der Waals surface area contributed by atoms with Gasteiger partial charge in [-0.15, -0.1) is 0 Å². The van der Waals surface area contributed by atoms with Gasteiger partial charge >= 0.3 is 0 Å². The molecule has 0 spiro atoms. The van der Waals surface area contributed by atoms with Crippen LogP contribution in [0.3, 0.4) is 0 Å². The normalized spacial score (nSPS) is 10.8. The first-order chi connectivity index (χ1) is 9.24. The Morgan fingerprint density at radius 2 is 2.05 bits per heavy atom. The third kappa shape index (κ3) is 2.25. The summed E-state index contributed by atoms with van der Waals surface area (Å²) in [6, 6.07) is 13.1. The summed E-state index contributed by atoms with van der Waals surface area (Å²) >= 11 is 0. The number of rotatable bonds is 3. The smallest absolute Gasteiger partial charge is 0.289 e. The Labute approximate surface area is 110 Å². The molecule has 0 aliphatic rings. The first-order valence-electron chi connectivity index (χ1n) is 6.00. The maximum absolute atomic E-state index is 12.0. The highest BCUT2D eigenvalue weighted by Crippen LogP contribution is 2.20. The van der Waals surface area contributed by atoms with Crippen LogP contribution in [-0.2, 0) is 6.54 Å². The van der Waals surface area contributed by atoms with E-state index in [4.69, 9.17) is 8.83 Å². The van der Waals surface area contributed by atoms with Gasteiger partial charge in [-0.2, -0.15) is 0 Å². The minimum Gasteiger partial charge on any atom is -0.459 e. The van der Waals surface area contributed by atoms with Gasteiger partial charge in [-0.3, -0.25) is 4.79 Å². The zero-order valence-corrected chi connectivity index (χ0v) is 10.5. The molecule has 3 rings (SSSR count). The van der Waals surface area contributed by atoms with Gasteiger partial charge in [-0.25, -0.2) is 0 Å². The summed E-state index contributed by atoms with van der Waals surface area (Å²) in [6.07, 6.45) is 1.49. The molecular weight excluding hydrogens is 242 g/mol. The van der Waals surface area contributed by atoms with E-state index in [0.29, 0.717) is 12.3 Å². The van der Waals surface area contributed by atoms with Crippen LogP contribution >= 0.6 is 0 Å². The van der Waals surface area contributed by atoms with Crippen molar-refractivity contribution in [3.8, 4) is 0 Å². The van der Waals surface area contributed by atoms with E-state index >= 15 is 0 Å². The van der Waals surface area contributed by atoms with E-state index in [1.165, 1.54) is 6.26 Å². The van der Waals surface area contributed by atoms with E-state index in [0.717, 1.165) is 16.7 Å². The maximum atomic E-state index is 12.0. The Kier molecular flexibility index (Phi) is 2.83. The van der Waals surface area contributed by atoms with Crippen molar-refractivity contribution in [2.45, 2.75) is 6.54 Å². The zero-order chi connectivity index (χ0) is 13.2. The second-order valence-corrected chi connectivity index (χ2v) is 4.39. The Bertz CT molecular complexity index is 664. The molecule has 0 fully saturated rings. The van der Waals surface area contributed by atoms with Crippen LogP contribution in [0.25, 0.3) is 11.0 Å². The molecule has 0 aliphatic heterocycles. The lowest BCUT2D eigenvalue weighted by Gasteiger charge is -2.13. The van der Waals surface area contributed by atoms with Crippen molar-refractivity contribution >= 4 is 16.9 Å². The van der Waals surface area contributed by atoms with Crippen molar-refractivity contribution in [3.63, 3.8) is 0 Å². The van der Waals surface area contributed by atoms with Gasteiger partial charge in [0, 0.05) is 12.4 Å². The van der Waals surface area contributed by atoms with Crippen LogP contribution in [-0.4, -0.2) is 17.9 Å². The van der Waals surface area contributed by atoms with Crippen LogP contribution < -0.4 is 0 Å². The lowest BCUT2D eigenvalue weighted by atomic mass is 10.2. The number of hydrogen-bond donors (Lipinski definition) is 0. The van der Waals surface area contributed by atoms with Crippen LogP contribution in [0.4, 0.5) is 0 Å². The van der Waals surface area contributed by atoms with E-state index in [2.05, 4.69) is 0 Å². The minimum atomic E-state index is -0.162. The Morgan fingerprint density at radius 1 is 1.21 bits per heavy atom. The molecule has 0 aliphatic carbocycles. The standard InChI is InChI=1S/C15H13NO3/c1-16(15(17)14-7-4-8-18-14)10-12-9-11-5-2-3-6-13(11)19-12/h2-9H,10H2,1H3. The molecule has 0 N–H and O–H groups in total. The average Bonchev–Trinajstić information content (AvgIpc) is 3.06. The van der Waals surface area contributed by atoms with Gasteiger partial charge in [0.25, 0.3) is 5.91 Å². The summed E-state index contributed by atoms with van der Waals surface area (Å²) in [6.45, 7) is 0.411. The fourth-order valence-electron chi connectivity index (χ4n) is 2.01. The van der Waals surface area contributed by atoms with E-state index in [1.54, 1.807) is 24.1 Å². The highest BCUT2D eigenvalue weighted by molar-refractivity contribution is 5.91. The van der Waals surface area contributed by atoms with Crippen molar-refractivity contribution in [2.75, 3.05) is 7.05 Å². The monoisotopic (exact) mass is 255 g/mol. The average molecular weight is 255 g/mol. The van der Waals surface area contributed by atoms with Crippen molar-refractivity contribution in [1.29, 1.82) is 0 Å². The number of para-hydroxylation sites is 1. The van der Waals surface area contributed by atoms with Crippen molar-refractivity contribution in [3.05, 3.63) is 60.2 Å². The molecule has 0 saturated carbocycles. The molecule has 0 radical (unpaired) electrons. The molecule has 2 aromatic heterocycles. The highest BCUT2D eigenvalue weighted by atomic mass is 16.3. The van der Waals surface area contributed by atoms with Crippen LogP contribution in [0.5, 0.6) is 0 Å². The summed E-state index contributed by atoms with van der Waals surface area (Å²) in [5.41, 5.74) is 0.830. The van der Waals surface area contributed by atoms with Gasteiger partial charge in [0.2, 0.25) is 0 Å². The SMILES string of the molecule is CN(Cc1cc2ccccc2o1)C(=O)c1ccco1. The Balaban J connectivity index is 1.79. The van der Waals surface area contributed by atoms with Gasteiger partial charge in [-0.05, 0) is 24.3 Å². The molecule has 4 nitrogen and oxygen atoms in total. The fourth-order valence-corrected chi connectivity index (χ4v) is 2.01. The summed E-state index contributed by atoms with van der Waals surface area (Å²) < 4.78 is 10.8. The molecule has 1 aromatic carbocycles. The van der Waals surface area contributed by atoms with E-state index in [1.807, 2.05) is 30.3 Å². The van der Waals surface area contributed by atoms with Gasteiger partial charge in [-0.1, -0.05) is 18.2 Å². The first-order valence-corrected chi connectivity index (χ1v) is 6.00. The molecule has 0 bridgehead atoms. The van der Waals surface area contributed by atoms with Crippen molar-refractivity contribution in [2.24, 2.45) is 0 Å². The number of furan rings is 2. The maximum Gasteiger partial charge on any atom is 0.289 e. The number of benzene rings is 1. The number of amides is 1. The van der Waals surface area contributed by atoms with Crippen molar-refractivity contribution < 1.29 is 13.6 Å². The highest BCUT2D eigenvalue weighted by Gasteiger charge is 2.16. The van der Waals surface area contributed by atoms with Gasteiger partial charge in [0.15, 0.2) is 5.76 Å². The predicted octanol–water partition coefficient (Wildman–Crippen LogP) is 3.30. The molecule has 3 aromatic rings. The molecule has 2 heterocycles. The second-order valence-electron chi connectivity index (χ2n) is 4.39. The van der Waals surface area contributed by atoms with Crippen LogP contribution in [0.1, 0.15) is 16.3 Å². The van der Waals surface area contributed by atoms with E-state index in [9.17, 15) is 4.79 Å². The predicted molar refractivity (Wildman–Crippen MR) is 70.7 cm³/mol. The summed E-state index contributed by atoms with van der Waals surface area (Å²) in [7, 11) is 1.72. The second kappa shape index (κ2) is 4.65. The molecule has 4 heteroatoms. The number of fused-ring (bicyclic) bond motifs is 1. The van der Waals surface area contributed by atoms with Crippen molar-refractivity contribution in [1.82, 2.24) is 4.90 Å². The number of hydrogen-bond acceptors (Lipinski definition) is 3.